The van der Waals surface area contributed by atoms with Crippen molar-refractivity contribution in [1.82, 2.24) is 20.9 Å². The molecule has 2 aromatic rings. The summed E-state index contributed by atoms with van der Waals surface area (Å²) in [7, 11) is 0. The molecule has 3 amide bonds. The first-order valence-electron chi connectivity index (χ1n) is 17.4. The van der Waals surface area contributed by atoms with Crippen molar-refractivity contribution in [1.29, 1.82) is 0 Å². The van der Waals surface area contributed by atoms with Crippen LogP contribution in [0.15, 0.2) is 60.7 Å². The zero-order chi connectivity index (χ0) is 35.6. The van der Waals surface area contributed by atoms with Gasteiger partial charge in [-0.3, -0.25) is 14.4 Å². The van der Waals surface area contributed by atoms with Gasteiger partial charge in [-0.05, 0) is 86.2 Å². The predicted octanol–water partition coefficient (Wildman–Crippen LogP) is 5.70. The summed E-state index contributed by atoms with van der Waals surface area (Å²) in [4.78, 5) is 40.0. The molecule has 3 rings (SSSR count). The molecule has 1 aliphatic heterocycles. The number of hydrogen-bond donors (Lipinski definition) is 4. The maximum atomic E-state index is 13.6. The third-order valence-corrected chi connectivity index (χ3v) is 8.27. The molecular weight excluding hydrogens is 630 g/mol. The van der Waals surface area contributed by atoms with Crippen molar-refractivity contribution in [3.8, 4) is 11.5 Å². The lowest BCUT2D eigenvalue weighted by atomic mass is 9.98. The van der Waals surface area contributed by atoms with E-state index in [-0.39, 0.29) is 31.2 Å². The third kappa shape index (κ3) is 13.6. The minimum absolute atomic E-state index is 0.0382. The lowest BCUT2D eigenvalue weighted by Gasteiger charge is -2.19. The second-order valence-corrected chi connectivity index (χ2v) is 12.5. The summed E-state index contributed by atoms with van der Waals surface area (Å²) in [5.41, 5.74) is 2.72. The average molecular weight is 683 g/mol. The molecule has 1 aliphatic rings. The molecule has 1 saturated heterocycles. The molecule has 0 bridgehead atoms. The lowest BCUT2D eigenvalue weighted by molar-refractivity contribution is -0.132. The number of ether oxygens (including phenoxy) is 1. The van der Waals surface area contributed by atoms with Crippen LogP contribution in [0.3, 0.4) is 0 Å². The Balaban J connectivity index is 1.61. The van der Waals surface area contributed by atoms with Gasteiger partial charge in [0.1, 0.15) is 11.5 Å². The number of carbonyl (C=O) groups is 3. The summed E-state index contributed by atoms with van der Waals surface area (Å²) in [5.74, 6) is -3.28. The van der Waals surface area contributed by atoms with Gasteiger partial charge in [-0.1, -0.05) is 63.5 Å². The lowest BCUT2D eigenvalue weighted by Crippen LogP contribution is -2.46. The predicted molar refractivity (Wildman–Crippen MR) is 189 cm³/mol. The van der Waals surface area contributed by atoms with E-state index in [1.165, 1.54) is 0 Å². The highest BCUT2D eigenvalue weighted by Crippen LogP contribution is 2.27. The molecule has 2 aromatic carbocycles. The van der Waals surface area contributed by atoms with Crippen molar-refractivity contribution in [2.75, 3.05) is 39.3 Å². The van der Waals surface area contributed by atoms with Crippen molar-refractivity contribution in [2.45, 2.75) is 84.1 Å². The molecule has 0 aliphatic carbocycles. The standard InChI is InChI=1S/C38H52F2N4O5/c1-4-6-8-9-12-32(36(47)43-26-35(46)44-22-19-38(39,40)27-44)33-25-31(18-13-28(33)3)49-23-11-21-41-34(37(48)42-20-10-7-5-2)24-29-14-16-30(45)17-15-29/h8-9,12-18,25,34,41,45H,4-7,10-11,19-24,26-27H2,1-3H3,(H,42,48)(H,43,47)/b9-8+,32-12+. The fraction of sp³-hybridized carbons (Fsp3) is 0.500. The van der Waals surface area contributed by atoms with E-state index in [9.17, 15) is 28.3 Å². The van der Waals surface area contributed by atoms with Gasteiger partial charge >= 0.3 is 0 Å². The topological polar surface area (TPSA) is 120 Å². The van der Waals surface area contributed by atoms with Crippen LogP contribution in [0, 0.1) is 6.92 Å². The highest BCUT2D eigenvalue weighted by atomic mass is 19.3. The van der Waals surface area contributed by atoms with Gasteiger partial charge in [0.05, 0.1) is 25.7 Å². The molecule has 11 heteroatoms. The Kier molecular flexibility index (Phi) is 16.2. The number of phenolic OH excluding ortho intramolecular Hbond substituents is 1. The molecule has 9 nitrogen and oxygen atoms in total. The Morgan fingerprint density at radius 2 is 1.80 bits per heavy atom. The highest BCUT2D eigenvalue weighted by molar-refractivity contribution is 6.20. The maximum Gasteiger partial charge on any atom is 0.267 e. The first kappa shape index (κ1) is 39.2. The summed E-state index contributed by atoms with van der Waals surface area (Å²) in [6.07, 6.45) is 11.0. The van der Waals surface area contributed by atoms with Gasteiger partial charge in [-0.25, -0.2) is 8.78 Å². The fourth-order valence-electron chi connectivity index (χ4n) is 5.38. The normalized spacial score (nSPS) is 15.0. The maximum absolute atomic E-state index is 13.6. The average Bonchev–Trinajstić information content (AvgIpc) is 3.46. The zero-order valence-corrected chi connectivity index (χ0v) is 29.0. The number of phenols is 1. The number of halogens is 2. The van der Waals surface area contributed by atoms with Gasteiger partial charge in [0.25, 0.3) is 11.8 Å². The summed E-state index contributed by atoms with van der Waals surface area (Å²) < 4.78 is 33.3. The van der Waals surface area contributed by atoms with Crippen LogP contribution >= 0.6 is 0 Å². The molecule has 4 N–H and O–H groups in total. The number of aryl methyl sites for hydroxylation is 1. The van der Waals surface area contributed by atoms with E-state index in [4.69, 9.17) is 4.74 Å². The van der Waals surface area contributed by atoms with E-state index in [1.54, 1.807) is 30.4 Å². The van der Waals surface area contributed by atoms with E-state index in [0.717, 1.165) is 48.1 Å². The monoisotopic (exact) mass is 682 g/mol. The molecule has 1 fully saturated rings. The fourth-order valence-corrected chi connectivity index (χ4v) is 5.38. The van der Waals surface area contributed by atoms with Crippen LogP contribution < -0.4 is 20.7 Å². The summed E-state index contributed by atoms with van der Waals surface area (Å²) in [6.45, 7) is 6.49. The molecule has 1 unspecified atom stereocenters. The Bertz CT molecular complexity index is 1430. The number of aromatic hydroxyl groups is 1. The molecule has 1 atom stereocenters. The Morgan fingerprint density at radius 3 is 2.49 bits per heavy atom. The van der Waals surface area contributed by atoms with Crippen LogP contribution in [-0.4, -0.2) is 79.0 Å². The second kappa shape index (κ2) is 20.3. The van der Waals surface area contributed by atoms with Gasteiger partial charge in [0, 0.05) is 25.1 Å². The number of hydrogen-bond acceptors (Lipinski definition) is 6. The van der Waals surface area contributed by atoms with Crippen molar-refractivity contribution >= 4 is 23.3 Å². The number of unbranched alkanes of at least 4 members (excludes halogenated alkanes) is 3. The SMILES string of the molecule is CCC/C=C/C=C(/C(=O)NCC(=O)N1CCC(F)(F)C1)c1cc(OCCCNC(Cc2ccc(O)cc2)C(=O)NCCCCC)ccc1C. The summed E-state index contributed by atoms with van der Waals surface area (Å²) in [6, 6.07) is 11.8. The first-order valence-corrected chi connectivity index (χ1v) is 17.4. The van der Waals surface area contributed by atoms with E-state index in [0.29, 0.717) is 49.4 Å². The number of likely N-dealkylation sites (tertiary alicyclic amines) is 1. The van der Waals surface area contributed by atoms with Crippen LogP contribution in [0.25, 0.3) is 5.57 Å². The number of amides is 3. The molecule has 0 spiro atoms. The van der Waals surface area contributed by atoms with E-state index < -0.39 is 30.3 Å². The molecule has 0 aromatic heterocycles. The van der Waals surface area contributed by atoms with Crippen LogP contribution in [0.2, 0.25) is 0 Å². The van der Waals surface area contributed by atoms with Gasteiger partial charge in [0.15, 0.2) is 0 Å². The zero-order valence-electron chi connectivity index (χ0n) is 29.0. The number of rotatable bonds is 20. The minimum Gasteiger partial charge on any atom is -0.508 e. The Hall–Kier alpha value is -4.25. The third-order valence-electron chi connectivity index (χ3n) is 8.27. The highest BCUT2D eigenvalue weighted by Gasteiger charge is 2.40. The van der Waals surface area contributed by atoms with Crippen LogP contribution in [-0.2, 0) is 20.8 Å². The number of alkyl halides is 2. The van der Waals surface area contributed by atoms with Crippen LogP contribution in [0.4, 0.5) is 8.78 Å². The smallest absolute Gasteiger partial charge is 0.267 e. The largest absolute Gasteiger partial charge is 0.508 e. The van der Waals surface area contributed by atoms with Gasteiger partial charge in [-0.15, -0.1) is 0 Å². The van der Waals surface area contributed by atoms with Gasteiger partial charge in [-0.2, -0.15) is 0 Å². The number of allylic oxidation sites excluding steroid dienone is 3. The van der Waals surface area contributed by atoms with Crippen LogP contribution in [0.5, 0.6) is 11.5 Å². The number of benzene rings is 2. The van der Waals surface area contributed by atoms with Crippen molar-refractivity contribution in [2.24, 2.45) is 0 Å². The van der Waals surface area contributed by atoms with Crippen molar-refractivity contribution in [3.05, 3.63) is 77.4 Å². The molecule has 1 heterocycles. The first-order chi connectivity index (χ1) is 23.5. The van der Waals surface area contributed by atoms with Crippen molar-refractivity contribution in [3.63, 3.8) is 0 Å². The number of nitrogens with one attached hydrogen (secondary N) is 3. The second-order valence-electron chi connectivity index (χ2n) is 12.5. The van der Waals surface area contributed by atoms with Gasteiger partial charge < -0.3 is 30.7 Å². The molecule has 0 radical (unpaired) electrons. The quantitative estimate of drug-likeness (QED) is 0.0809. The van der Waals surface area contributed by atoms with Crippen molar-refractivity contribution < 1.29 is 33.0 Å². The molecule has 0 saturated carbocycles. The van der Waals surface area contributed by atoms with E-state index in [2.05, 4.69) is 29.8 Å². The number of nitrogens with zero attached hydrogens (tertiary/aromatic N) is 1. The molecule has 268 valence electrons. The van der Waals surface area contributed by atoms with Gasteiger partial charge in [0.2, 0.25) is 11.8 Å². The molecule has 49 heavy (non-hydrogen) atoms. The minimum atomic E-state index is -2.90. The summed E-state index contributed by atoms with van der Waals surface area (Å²) in [5, 5.41) is 18.6. The van der Waals surface area contributed by atoms with E-state index in [1.807, 2.05) is 37.3 Å². The Morgan fingerprint density at radius 1 is 1.02 bits per heavy atom. The molecular formula is C38H52F2N4O5. The number of carbonyl (C=O) groups excluding carboxylic acids is 3. The Labute approximate surface area is 289 Å². The summed E-state index contributed by atoms with van der Waals surface area (Å²) >= 11 is 0. The van der Waals surface area contributed by atoms with E-state index >= 15 is 0 Å². The van der Waals surface area contributed by atoms with Crippen LogP contribution in [0.1, 0.15) is 75.5 Å².